The first-order valence-electron chi connectivity index (χ1n) is 9.09. The lowest BCUT2D eigenvalue weighted by Gasteiger charge is -2.30. The quantitative estimate of drug-likeness (QED) is 0.755. The summed E-state index contributed by atoms with van der Waals surface area (Å²) in [5, 5.41) is 12.3. The molecule has 0 atom stereocenters. The number of aromatic amines is 1. The zero-order chi connectivity index (χ0) is 18.1. The number of carbonyl (C=O) groups is 2. The Morgan fingerprint density at radius 2 is 1.81 bits per heavy atom. The van der Waals surface area contributed by atoms with Crippen LogP contribution in [-0.4, -0.2) is 76.1 Å². The Kier molecular flexibility index (Phi) is 4.50. The average molecular weight is 357 g/mol. The Morgan fingerprint density at radius 3 is 2.50 bits per heavy atom. The number of carbonyl (C=O) groups excluding carboxylic acids is 1. The van der Waals surface area contributed by atoms with Crippen LogP contribution in [0.1, 0.15) is 34.9 Å². The molecule has 0 spiro atoms. The summed E-state index contributed by atoms with van der Waals surface area (Å²) in [4.78, 5) is 34.6. The number of piperazine rings is 1. The largest absolute Gasteiger partial charge is 0.465 e. The van der Waals surface area contributed by atoms with Crippen molar-refractivity contribution in [2.45, 2.75) is 18.8 Å². The maximum Gasteiger partial charge on any atom is 0.407 e. The molecule has 2 fully saturated rings. The van der Waals surface area contributed by atoms with Gasteiger partial charge in [0.1, 0.15) is 0 Å². The van der Waals surface area contributed by atoms with Crippen LogP contribution in [0.4, 0.5) is 4.79 Å². The maximum absolute atomic E-state index is 12.6. The normalized spacial score (nSPS) is 19.1. The lowest BCUT2D eigenvalue weighted by Crippen LogP contribution is -2.46. The SMILES string of the molecule is O=C(O)N1CCC(c2ccc3nc(C(=O)N4CCNCC4)[nH]c3c2)CC1. The molecule has 8 heteroatoms. The fourth-order valence-electron chi connectivity index (χ4n) is 3.80. The number of likely N-dealkylation sites (tertiary alicyclic amines) is 1. The number of fused-ring (bicyclic) bond motifs is 1. The molecule has 3 N–H and O–H groups in total. The van der Waals surface area contributed by atoms with E-state index in [9.17, 15) is 9.59 Å². The highest BCUT2D eigenvalue weighted by Gasteiger charge is 2.24. The number of H-pyrrole nitrogens is 1. The number of piperidine rings is 1. The Balaban J connectivity index is 1.51. The van der Waals surface area contributed by atoms with Crippen molar-refractivity contribution >= 4 is 23.0 Å². The van der Waals surface area contributed by atoms with Gasteiger partial charge in [0.15, 0.2) is 5.82 Å². The molecular weight excluding hydrogens is 334 g/mol. The van der Waals surface area contributed by atoms with E-state index in [0.29, 0.717) is 37.9 Å². The number of carboxylic acid groups (broad SMARTS) is 1. The molecule has 2 saturated heterocycles. The van der Waals surface area contributed by atoms with Gasteiger partial charge in [-0.25, -0.2) is 9.78 Å². The number of aromatic nitrogens is 2. The van der Waals surface area contributed by atoms with E-state index in [0.717, 1.165) is 37.0 Å². The monoisotopic (exact) mass is 357 g/mol. The van der Waals surface area contributed by atoms with Crippen LogP contribution in [0, 0.1) is 0 Å². The minimum absolute atomic E-state index is 0.0565. The predicted octanol–water partition coefficient (Wildman–Crippen LogP) is 1.47. The van der Waals surface area contributed by atoms with Crippen molar-refractivity contribution in [3.8, 4) is 0 Å². The van der Waals surface area contributed by atoms with Crippen LogP contribution in [0.15, 0.2) is 18.2 Å². The number of amides is 2. The molecular formula is C18H23N5O3. The molecule has 138 valence electrons. The fourth-order valence-corrected chi connectivity index (χ4v) is 3.80. The van der Waals surface area contributed by atoms with Crippen LogP contribution in [-0.2, 0) is 0 Å². The summed E-state index contributed by atoms with van der Waals surface area (Å²) < 4.78 is 0. The van der Waals surface area contributed by atoms with Gasteiger partial charge in [0, 0.05) is 39.3 Å². The van der Waals surface area contributed by atoms with Gasteiger partial charge in [-0.3, -0.25) is 4.79 Å². The van der Waals surface area contributed by atoms with Gasteiger partial charge in [0.2, 0.25) is 0 Å². The van der Waals surface area contributed by atoms with Crippen molar-refractivity contribution in [2.75, 3.05) is 39.3 Å². The van der Waals surface area contributed by atoms with Crippen molar-refractivity contribution < 1.29 is 14.7 Å². The molecule has 2 amide bonds. The zero-order valence-electron chi connectivity index (χ0n) is 14.6. The second kappa shape index (κ2) is 6.95. The van der Waals surface area contributed by atoms with E-state index in [4.69, 9.17) is 5.11 Å². The van der Waals surface area contributed by atoms with Crippen LogP contribution in [0.2, 0.25) is 0 Å². The lowest BCUT2D eigenvalue weighted by atomic mass is 9.89. The summed E-state index contributed by atoms with van der Waals surface area (Å²) in [6, 6.07) is 6.04. The van der Waals surface area contributed by atoms with Gasteiger partial charge in [0.05, 0.1) is 11.0 Å². The molecule has 0 unspecified atom stereocenters. The number of benzene rings is 1. The van der Waals surface area contributed by atoms with Crippen LogP contribution in [0.25, 0.3) is 11.0 Å². The second-order valence-electron chi connectivity index (χ2n) is 6.95. The highest BCUT2D eigenvalue weighted by Crippen LogP contribution is 2.29. The molecule has 0 aliphatic carbocycles. The predicted molar refractivity (Wildman–Crippen MR) is 96.4 cm³/mol. The Morgan fingerprint density at radius 1 is 1.08 bits per heavy atom. The molecule has 1 aromatic heterocycles. The smallest absolute Gasteiger partial charge is 0.407 e. The number of nitrogens with one attached hydrogen (secondary N) is 2. The summed E-state index contributed by atoms with van der Waals surface area (Å²) in [5.74, 6) is 0.671. The van der Waals surface area contributed by atoms with Crippen LogP contribution >= 0.6 is 0 Å². The Bertz CT molecular complexity index is 819. The van der Waals surface area contributed by atoms with E-state index >= 15 is 0 Å². The molecule has 0 radical (unpaired) electrons. The average Bonchev–Trinajstić information content (AvgIpc) is 3.11. The summed E-state index contributed by atoms with van der Waals surface area (Å²) in [6.07, 6.45) is 0.792. The topological polar surface area (TPSA) is 102 Å². The first-order chi connectivity index (χ1) is 12.6. The minimum atomic E-state index is -0.844. The number of nitrogens with zero attached hydrogens (tertiary/aromatic N) is 3. The number of hydrogen-bond acceptors (Lipinski definition) is 4. The molecule has 0 saturated carbocycles. The Hall–Kier alpha value is -2.61. The van der Waals surface area contributed by atoms with Crippen LogP contribution in [0.3, 0.4) is 0 Å². The third-order valence-corrected chi connectivity index (χ3v) is 5.35. The van der Waals surface area contributed by atoms with E-state index < -0.39 is 6.09 Å². The Labute approximate surface area is 151 Å². The van der Waals surface area contributed by atoms with Gasteiger partial charge < -0.3 is 25.2 Å². The molecule has 0 bridgehead atoms. The molecule has 1 aromatic carbocycles. The van der Waals surface area contributed by atoms with Crippen molar-refractivity contribution in [2.24, 2.45) is 0 Å². The fraction of sp³-hybridized carbons (Fsp3) is 0.500. The highest BCUT2D eigenvalue weighted by atomic mass is 16.4. The first-order valence-corrected chi connectivity index (χ1v) is 9.09. The van der Waals surface area contributed by atoms with Gasteiger partial charge in [-0.05, 0) is 36.5 Å². The minimum Gasteiger partial charge on any atom is -0.465 e. The summed E-state index contributed by atoms with van der Waals surface area (Å²) >= 11 is 0. The molecule has 3 heterocycles. The van der Waals surface area contributed by atoms with E-state index in [-0.39, 0.29) is 5.91 Å². The second-order valence-corrected chi connectivity index (χ2v) is 6.95. The van der Waals surface area contributed by atoms with E-state index in [1.165, 1.54) is 10.5 Å². The highest BCUT2D eigenvalue weighted by molar-refractivity contribution is 5.94. The van der Waals surface area contributed by atoms with Crippen molar-refractivity contribution in [3.05, 3.63) is 29.6 Å². The van der Waals surface area contributed by atoms with E-state index in [1.807, 2.05) is 17.0 Å². The van der Waals surface area contributed by atoms with Gasteiger partial charge in [-0.15, -0.1) is 0 Å². The zero-order valence-corrected chi connectivity index (χ0v) is 14.6. The molecule has 2 aliphatic rings. The van der Waals surface area contributed by atoms with Gasteiger partial charge in [-0.2, -0.15) is 0 Å². The molecule has 8 nitrogen and oxygen atoms in total. The lowest BCUT2D eigenvalue weighted by molar-refractivity contribution is 0.0725. The summed E-state index contributed by atoms with van der Waals surface area (Å²) in [7, 11) is 0. The van der Waals surface area contributed by atoms with Crippen molar-refractivity contribution in [1.82, 2.24) is 25.1 Å². The molecule has 4 rings (SSSR count). The van der Waals surface area contributed by atoms with Gasteiger partial charge in [0.25, 0.3) is 5.91 Å². The molecule has 2 aromatic rings. The molecule has 26 heavy (non-hydrogen) atoms. The van der Waals surface area contributed by atoms with E-state index in [1.54, 1.807) is 0 Å². The first kappa shape index (κ1) is 16.8. The van der Waals surface area contributed by atoms with Crippen LogP contribution < -0.4 is 5.32 Å². The summed E-state index contributed by atoms with van der Waals surface area (Å²) in [5.41, 5.74) is 2.82. The van der Waals surface area contributed by atoms with Crippen LogP contribution in [0.5, 0.6) is 0 Å². The standard InChI is InChI=1S/C18H23N5O3/c24-17(22-9-5-19-6-10-22)16-20-14-2-1-13(11-15(14)21-16)12-3-7-23(8-4-12)18(25)26/h1-2,11-12,19H,3-10H2,(H,20,21)(H,25,26). The number of rotatable bonds is 2. The number of hydrogen-bond donors (Lipinski definition) is 3. The third-order valence-electron chi connectivity index (χ3n) is 5.35. The van der Waals surface area contributed by atoms with Crippen molar-refractivity contribution in [1.29, 1.82) is 0 Å². The maximum atomic E-state index is 12.6. The summed E-state index contributed by atoms with van der Waals surface area (Å²) in [6.45, 7) is 4.14. The molecule has 2 aliphatic heterocycles. The van der Waals surface area contributed by atoms with E-state index in [2.05, 4.69) is 21.4 Å². The van der Waals surface area contributed by atoms with Gasteiger partial charge >= 0.3 is 6.09 Å². The van der Waals surface area contributed by atoms with Gasteiger partial charge in [-0.1, -0.05) is 6.07 Å². The number of imidazole rings is 1. The third kappa shape index (κ3) is 3.24. The van der Waals surface area contributed by atoms with Crippen molar-refractivity contribution in [3.63, 3.8) is 0 Å².